The lowest BCUT2D eigenvalue weighted by Crippen LogP contribution is -2.07. The smallest absolute Gasteiger partial charge is 0.281 e. The second kappa shape index (κ2) is 5.27. The number of halogens is 2. The van der Waals surface area contributed by atoms with Crippen LogP contribution in [0, 0.1) is 10.1 Å². The zero-order valence-electron chi connectivity index (χ0n) is 8.20. The van der Waals surface area contributed by atoms with Crippen LogP contribution < -0.4 is 4.74 Å². The fourth-order valence-corrected chi connectivity index (χ4v) is 2.04. The minimum absolute atomic E-state index is 0.0700. The molecule has 16 heavy (non-hydrogen) atoms. The van der Waals surface area contributed by atoms with Crippen molar-refractivity contribution in [1.82, 2.24) is 0 Å². The van der Waals surface area contributed by atoms with Crippen molar-refractivity contribution in [1.29, 1.82) is 0 Å². The summed E-state index contributed by atoms with van der Waals surface area (Å²) in [6.45, 7) is 0. The van der Waals surface area contributed by atoms with Gasteiger partial charge in [-0.15, -0.1) is 11.6 Å². The Morgan fingerprint density at radius 2 is 2.25 bits per heavy atom. The molecule has 7 heteroatoms. The van der Waals surface area contributed by atoms with E-state index in [1.54, 1.807) is 0 Å². The number of benzene rings is 1. The van der Waals surface area contributed by atoms with Crippen LogP contribution >= 0.6 is 27.5 Å². The van der Waals surface area contributed by atoms with Gasteiger partial charge in [0, 0.05) is 6.07 Å². The van der Waals surface area contributed by atoms with Gasteiger partial charge in [0.15, 0.2) is 5.78 Å². The molecule has 0 spiro atoms. The molecule has 1 aromatic carbocycles. The van der Waals surface area contributed by atoms with Crippen molar-refractivity contribution in [3.8, 4) is 5.75 Å². The number of rotatable bonds is 4. The normalized spacial score (nSPS) is 9.94. The van der Waals surface area contributed by atoms with Gasteiger partial charge in [-0.25, -0.2) is 0 Å². The molecular formula is C9H7BrClNO4. The van der Waals surface area contributed by atoms with Crippen LogP contribution in [0.15, 0.2) is 16.6 Å². The van der Waals surface area contributed by atoms with Crippen LogP contribution in [0.25, 0.3) is 0 Å². The summed E-state index contributed by atoms with van der Waals surface area (Å²) >= 11 is 8.49. The molecule has 0 radical (unpaired) electrons. The number of nitro groups is 1. The van der Waals surface area contributed by atoms with Crippen molar-refractivity contribution in [2.24, 2.45) is 0 Å². The quantitative estimate of drug-likeness (QED) is 0.371. The number of Topliss-reactive ketones (excluding diaryl/α,β-unsaturated/α-hetero) is 1. The average Bonchev–Trinajstić information content (AvgIpc) is 2.27. The van der Waals surface area contributed by atoms with E-state index in [1.165, 1.54) is 19.2 Å². The topological polar surface area (TPSA) is 69.4 Å². The molecule has 0 fully saturated rings. The zero-order chi connectivity index (χ0) is 12.3. The Kier molecular flexibility index (Phi) is 4.26. The number of ether oxygens (including phenoxy) is 1. The van der Waals surface area contributed by atoms with E-state index in [1.807, 2.05) is 0 Å². The van der Waals surface area contributed by atoms with Gasteiger partial charge in [0.1, 0.15) is 11.3 Å². The predicted molar refractivity (Wildman–Crippen MR) is 62.4 cm³/mol. The third-order valence-electron chi connectivity index (χ3n) is 1.90. The molecule has 0 bridgehead atoms. The summed E-state index contributed by atoms with van der Waals surface area (Å²) in [4.78, 5) is 21.6. The highest BCUT2D eigenvalue weighted by molar-refractivity contribution is 9.10. The van der Waals surface area contributed by atoms with Crippen LogP contribution in [0.4, 0.5) is 5.69 Å². The maximum Gasteiger partial charge on any atom is 0.281 e. The van der Waals surface area contributed by atoms with Crippen molar-refractivity contribution in [2.75, 3.05) is 13.0 Å². The van der Waals surface area contributed by atoms with Crippen LogP contribution in [0.1, 0.15) is 10.4 Å². The van der Waals surface area contributed by atoms with Crippen molar-refractivity contribution in [2.45, 2.75) is 0 Å². The Bertz CT molecular complexity index is 449. The van der Waals surface area contributed by atoms with Crippen LogP contribution in [0.3, 0.4) is 0 Å². The number of carbonyl (C=O) groups is 1. The van der Waals surface area contributed by atoms with Crippen LogP contribution in [-0.4, -0.2) is 23.7 Å². The Morgan fingerprint density at radius 3 is 2.69 bits per heavy atom. The van der Waals surface area contributed by atoms with E-state index in [0.717, 1.165) is 0 Å². The van der Waals surface area contributed by atoms with Gasteiger partial charge in [-0.2, -0.15) is 0 Å². The molecule has 0 N–H and O–H groups in total. The maximum absolute atomic E-state index is 11.5. The lowest BCUT2D eigenvalue weighted by atomic mass is 10.1. The molecule has 0 unspecified atom stereocenters. The number of methoxy groups -OCH3 is 1. The molecule has 0 aliphatic rings. The van der Waals surface area contributed by atoms with Gasteiger partial charge in [-0.05, 0) is 22.0 Å². The van der Waals surface area contributed by atoms with E-state index < -0.39 is 10.7 Å². The molecule has 1 aromatic rings. The van der Waals surface area contributed by atoms with E-state index in [-0.39, 0.29) is 21.6 Å². The van der Waals surface area contributed by atoms with Gasteiger partial charge in [-0.3, -0.25) is 14.9 Å². The van der Waals surface area contributed by atoms with Gasteiger partial charge in [0.25, 0.3) is 5.69 Å². The van der Waals surface area contributed by atoms with Crippen molar-refractivity contribution in [3.05, 3.63) is 32.3 Å². The van der Waals surface area contributed by atoms with Gasteiger partial charge < -0.3 is 4.74 Å². The summed E-state index contributed by atoms with van der Waals surface area (Å²) in [5, 5.41) is 10.7. The maximum atomic E-state index is 11.5. The first-order valence-corrected chi connectivity index (χ1v) is 5.45. The lowest BCUT2D eigenvalue weighted by molar-refractivity contribution is -0.385. The molecule has 0 saturated carbocycles. The molecule has 5 nitrogen and oxygen atoms in total. The summed E-state index contributed by atoms with van der Waals surface area (Å²) in [6.07, 6.45) is 0. The van der Waals surface area contributed by atoms with E-state index in [0.29, 0.717) is 5.75 Å². The summed E-state index contributed by atoms with van der Waals surface area (Å²) in [6, 6.07) is 2.62. The molecule has 0 heterocycles. The molecule has 0 atom stereocenters. The van der Waals surface area contributed by atoms with Gasteiger partial charge in [0.2, 0.25) is 0 Å². The second-order valence-electron chi connectivity index (χ2n) is 2.79. The summed E-state index contributed by atoms with van der Waals surface area (Å²) in [5.41, 5.74) is -0.363. The molecule has 0 amide bonds. The first-order valence-electron chi connectivity index (χ1n) is 4.13. The largest absolute Gasteiger partial charge is 0.496 e. The van der Waals surface area contributed by atoms with E-state index in [9.17, 15) is 14.9 Å². The number of hydrogen-bond acceptors (Lipinski definition) is 4. The standard InChI is InChI=1S/C9H7BrClNO4/c1-16-7-3-2-5(12(14)15)8(9(7)10)6(13)4-11/h2-3H,4H2,1H3. The van der Waals surface area contributed by atoms with Gasteiger partial charge in [0.05, 0.1) is 22.4 Å². The summed E-state index contributed by atoms with van der Waals surface area (Å²) in [5.74, 6) is -0.509. The van der Waals surface area contributed by atoms with Crippen LogP contribution in [0.5, 0.6) is 5.75 Å². The van der Waals surface area contributed by atoms with E-state index in [4.69, 9.17) is 16.3 Å². The second-order valence-corrected chi connectivity index (χ2v) is 3.85. The van der Waals surface area contributed by atoms with Crippen molar-refractivity contribution in [3.63, 3.8) is 0 Å². The average molecular weight is 309 g/mol. The van der Waals surface area contributed by atoms with Crippen molar-refractivity contribution < 1.29 is 14.5 Å². The molecule has 0 aliphatic heterocycles. The highest BCUT2D eigenvalue weighted by atomic mass is 79.9. The molecule has 0 aromatic heterocycles. The van der Waals surface area contributed by atoms with Gasteiger partial charge >= 0.3 is 0 Å². The lowest BCUT2D eigenvalue weighted by Gasteiger charge is -2.07. The highest BCUT2D eigenvalue weighted by Gasteiger charge is 2.25. The number of ketones is 1. The number of carbonyl (C=O) groups excluding carboxylic acids is 1. The molecule has 0 saturated heterocycles. The third-order valence-corrected chi connectivity index (χ3v) is 2.93. The number of alkyl halides is 1. The first-order chi connectivity index (χ1) is 7.52. The minimum atomic E-state index is -0.635. The number of nitrogens with zero attached hydrogens (tertiary/aromatic N) is 1. The molecule has 86 valence electrons. The Labute approximate surface area is 105 Å². The monoisotopic (exact) mass is 307 g/mol. The van der Waals surface area contributed by atoms with E-state index >= 15 is 0 Å². The Hall–Kier alpha value is -1.14. The molecule has 1 rings (SSSR count). The highest BCUT2D eigenvalue weighted by Crippen LogP contribution is 2.35. The predicted octanol–water partition coefficient (Wildman–Crippen LogP) is 2.79. The third kappa shape index (κ3) is 2.33. The Morgan fingerprint density at radius 1 is 1.62 bits per heavy atom. The van der Waals surface area contributed by atoms with Gasteiger partial charge in [-0.1, -0.05) is 0 Å². The van der Waals surface area contributed by atoms with Crippen LogP contribution in [-0.2, 0) is 0 Å². The minimum Gasteiger partial charge on any atom is -0.496 e. The summed E-state index contributed by atoms with van der Waals surface area (Å²) < 4.78 is 5.20. The SMILES string of the molecule is COc1ccc([N+](=O)[O-])c(C(=O)CCl)c1Br. The summed E-state index contributed by atoms with van der Waals surface area (Å²) in [7, 11) is 1.40. The number of hydrogen-bond donors (Lipinski definition) is 0. The zero-order valence-corrected chi connectivity index (χ0v) is 10.5. The molecular weight excluding hydrogens is 301 g/mol. The number of nitro benzene ring substituents is 1. The molecule has 0 aliphatic carbocycles. The van der Waals surface area contributed by atoms with E-state index in [2.05, 4.69) is 15.9 Å². The first kappa shape index (κ1) is 12.9. The fraction of sp³-hybridized carbons (Fsp3) is 0.222. The Balaban J connectivity index is 3.48. The van der Waals surface area contributed by atoms with Crippen molar-refractivity contribution >= 4 is 39.0 Å². The fourth-order valence-electron chi connectivity index (χ4n) is 1.19. The van der Waals surface area contributed by atoms with Crippen LogP contribution in [0.2, 0.25) is 0 Å².